The molecular weight excluding hydrogens is 426 g/mol. The number of benzene rings is 2. The Bertz CT molecular complexity index is 1370. The van der Waals surface area contributed by atoms with Gasteiger partial charge < -0.3 is 19.5 Å². The second kappa shape index (κ2) is 9.03. The third kappa shape index (κ3) is 4.10. The van der Waals surface area contributed by atoms with Crippen molar-refractivity contribution in [3.05, 3.63) is 64.2 Å². The second-order valence-electron chi connectivity index (χ2n) is 7.18. The maximum absolute atomic E-state index is 12.7. The molecule has 0 fully saturated rings. The largest absolute Gasteiger partial charge is 0.493 e. The summed E-state index contributed by atoms with van der Waals surface area (Å²) in [7, 11) is 6.17. The number of nitrogens with zero attached hydrogens (tertiary/aromatic N) is 3. The number of fused-ring (bicyclic) bond motifs is 1. The molecule has 0 aliphatic rings. The molecule has 0 saturated carbocycles. The minimum atomic E-state index is -0.360. The van der Waals surface area contributed by atoms with Crippen LogP contribution in [0, 0.1) is 0 Å². The maximum Gasteiger partial charge on any atom is 0.274 e. The van der Waals surface area contributed by atoms with Gasteiger partial charge in [-0.2, -0.15) is 10.2 Å². The van der Waals surface area contributed by atoms with E-state index in [1.165, 1.54) is 26.0 Å². The smallest absolute Gasteiger partial charge is 0.274 e. The highest BCUT2D eigenvalue weighted by molar-refractivity contribution is 5.93. The van der Waals surface area contributed by atoms with Crippen LogP contribution in [0.25, 0.3) is 22.0 Å². The Balaban J connectivity index is 1.57. The molecule has 0 atom stereocenters. The summed E-state index contributed by atoms with van der Waals surface area (Å²) in [6, 6.07) is 12.3. The normalized spacial score (nSPS) is 10.8. The van der Waals surface area contributed by atoms with Crippen LogP contribution in [0.4, 0.5) is 0 Å². The summed E-state index contributed by atoms with van der Waals surface area (Å²) in [5.41, 5.74) is 1.89. The highest BCUT2D eigenvalue weighted by atomic mass is 16.5. The number of H-pyrrole nitrogens is 1. The van der Waals surface area contributed by atoms with Gasteiger partial charge in [0.2, 0.25) is 5.75 Å². The fraction of sp³-hybridized carbons (Fsp3) is 0.217. The number of amides is 1. The standard InChI is InChI=1S/C23H23N5O5/c1-28-23(30)15-8-6-5-7-14(15)18(27-28)12-24-22(29)17-11-16(25-26-17)13-9-19(31-2)21(33-4)20(10-13)32-3/h5-11H,12H2,1-4H3,(H,24,29)(H,25,26). The van der Waals surface area contributed by atoms with E-state index in [-0.39, 0.29) is 23.7 Å². The van der Waals surface area contributed by atoms with Gasteiger partial charge in [0, 0.05) is 18.0 Å². The molecule has 0 aliphatic carbocycles. The summed E-state index contributed by atoms with van der Waals surface area (Å²) in [4.78, 5) is 25.0. The summed E-state index contributed by atoms with van der Waals surface area (Å²) in [5.74, 6) is 1.07. The number of hydrogen-bond donors (Lipinski definition) is 2. The van der Waals surface area contributed by atoms with Crippen LogP contribution in [0.2, 0.25) is 0 Å². The summed E-state index contributed by atoms with van der Waals surface area (Å²) in [5, 5.41) is 15.4. The van der Waals surface area contributed by atoms with Gasteiger partial charge in [0.05, 0.1) is 44.6 Å². The lowest BCUT2D eigenvalue weighted by Crippen LogP contribution is -2.27. The molecule has 0 radical (unpaired) electrons. The zero-order chi connectivity index (χ0) is 23.5. The van der Waals surface area contributed by atoms with Crippen molar-refractivity contribution in [3.8, 4) is 28.5 Å². The Morgan fingerprint density at radius 1 is 1.03 bits per heavy atom. The topological polar surface area (TPSA) is 120 Å². The van der Waals surface area contributed by atoms with Gasteiger partial charge in [-0.25, -0.2) is 4.68 Å². The van der Waals surface area contributed by atoms with Crippen molar-refractivity contribution in [3.63, 3.8) is 0 Å². The van der Waals surface area contributed by atoms with Crippen LogP contribution in [-0.2, 0) is 13.6 Å². The van der Waals surface area contributed by atoms with E-state index < -0.39 is 0 Å². The van der Waals surface area contributed by atoms with Gasteiger partial charge in [-0.05, 0) is 24.3 Å². The van der Waals surface area contributed by atoms with Gasteiger partial charge in [0.1, 0.15) is 5.69 Å². The number of aryl methyl sites for hydroxylation is 1. The summed E-state index contributed by atoms with van der Waals surface area (Å²) in [6.07, 6.45) is 0. The minimum Gasteiger partial charge on any atom is -0.493 e. The molecular formula is C23H23N5O5. The number of carbonyl (C=O) groups is 1. The predicted molar refractivity (Wildman–Crippen MR) is 122 cm³/mol. The number of carbonyl (C=O) groups excluding carboxylic acids is 1. The molecule has 1 amide bonds. The van der Waals surface area contributed by atoms with Gasteiger partial charge in [-0.15, -0.1) is 0 Å². The molecule has 33 heavy (non-hydrogen) atoms. The number of methoxy groups -OCH3 is 3. The van der Waals surface area contributed by atoms with Gasteiger partial charge in [-0.1, -0.05) is 18.2 Å². The highest BCUT2D eigenvalue weighted by Crippen LogP contribution is 2.40. The van der Waals surface area contributed by atoms with E-state index in [0.717, 1.165) is 0 Å². The lowest BCUT2D eigenvalue weighted by molar-refractivity contribution is 0.0945. The molecule has 2 heterocycles. The molecule has 0 aliphatic heterocycles. The SMILES string of the molecule is COc1cc(-c2cc(C(=O)NCc3nn(C)c(=O)c4ccccc34)[nH]n2)cc(OC)c1OC. The molecule has 2 aromatic heterocycles. The predicted octanol–water partition coefficient (Wildman–Crippen LogP) is 2.28. The summed E-state index contributed by atoms with van der Waals surface area (Å²) >= 11 is 0. The maximum atomic E-state index is 12.7. The van der Waals surface area contributed by atoms with Gasteiger partial charge in [-0.3, -0.25) is 14.7 Å². The fourth-order valence-electron chi connectivity index (χ4n) is 3.58. The average molecular weight is 449 g/mol. The first-order valence-electron chi connectivity index (χ1n) is 10.1. The average Bonchev–Trinajstić information content (AvgIpc) is 3.34. The molecule has 2 aromatic carbocycles. The van der Waals surface area contributed by atoms with Crippen molar-refractivity contribution in [1.29, 1.82) is 0 Å². The van der Waals surface area contributed by atoms with Crippen molar-refractivity contribution >= 4 is 16.7 Å². The van der Waals surface area contributed by atoms with Crippen molar-refractivity contribution < 1.29 is 19.0 Å². The van der Waals surface area contributed by atoms with E-state index in [1.807, 2.05) is 12.1 Å². The first-order chi connectivity index (χ1) is 16.0. The fourth-order valence-corrected chi connectivity index (χ4v) is 3.58. The van der Waals surface area contributed by atoms with Crippen LogP contribution in [0.1, 0.15) is 16.2 Å². The van der Waals surface area contributed by atoms with E-state index in [1.54, 1.807) is 37.4 Å². The Hall–Kier alpha value is -4.34. The van der Waals surface area contributed by atoms with Crippen LogP contribution in [0.15, 0.2) is 47.3 Å². The quantitative estimate of drug-likeness (QED) is 0.444. The van der Waals surface area contributed by atoms with Crippen LogP contribution < -0.4 is 25.1 Å². The second-order valence-corrected chi connectivity index (χ2v) is 7.18. The van der Waals surface area contributed by atoms with Crippen LogP contribution in [0.3, 0.4) is 0 Å². The summed E-state index contributed by atoms with van der Waals surface area (Å²) in [6.45, 7) is 0.145. The molecule has 10 heteroatoms. The highest BCUT2D eigenvalue weighted by Gasteiger charge is 2.18. The summed E-state index contributed by atoms with van der Waals surface area (Å²) < 4.78 is 17.4. The van der Waals surface area contributed by atoms with Gasteiger partial charge in [0.15, 0.2) is 11.5 Å². The van der Waals surface area contributed by atoms with Crippen molar-refractivity contribution in [2.45, 2.75) is 6.54 Å². The van der Waals surface area contributed by atoms with Crippen LogP contribution in [-0.4, -0.2) is 47.2 Å². The Kier molecular flexibility index (Phi) is 5.99. The molecule has 4 aromatic rings. The Labute approximate surface area is 189 Å². The molecule has 2 N–H and O–H groups in total. The Morgan fingerprint density at radius 2 is 1.70 bits per heavy atom. The van der Waals surface area contributed by atoms with Crippen molar-refractivity contribution in [2.24, 2.45) is 7.05 Å². The monoisotopic (exact) mass is 449 g/mol. The molecule has 10 nitrogen and oxygen atoms in total. The van der Waals surface area contributed by atoms with Crippen LogP contribution >= 0.6 is 0 Å². The molecule has 0 saturated heterocycles. The third-order valence-corrected chi connectivity index (χ3v) is 5.23. The van der Waals surface area contributed by atoms with E-state index in [0.29, 0.717) is 45.0 Å². The van der Waals surface area contributed by atoms with Gasteiger partial charge >= 0.3 is 0 Å². The molecule has 0 bridgehead atoms. The van der Waals surface area contributed by atoms with Crippen molar-refractivity contribution in [2.75, 3.05) is 21.3 Å². The third-order valence-electron chi connectivity index (χ3n) is 5.23. The number of hydrogen-bond acceptors (Lipinski definition) is 7. The lowest BCUT2D eigenvalue weighted by atomic mass is 10.1. The van der Waals surface area contributed by atoms with E-state index in [9.17, 15) is 9.59 Å². The first-order valence-corrected chi connectivity index (χ1v) is 10.1. The van der Waals surface area contributed by atoms with Gasteiger partial charge in [0.25, 0.3) is 11.5 Å². The number of ether oxygens (including phenoxy) is 3. The van der Waals surface area contributed by atoms with Crippen molar-refractivity contribution in [1.82, 2.24) is 25.3 Å². The lowest BCUT2D eigenvalue weighted by Gasteiger charge is -2.13. The molecule has 170 valence electrons. The number of aromatic nitrogens is 4. The first kappa shape index (κ1) is 21.9. The molecule has 0 spiro atoms. The number of rotatable bonds is 7. The van der Waals surface area contributed by atoms with Crippen LogP contribution in [0.5, 0.6) is 17.2 Å². The number of aromatic amines is 1. The minimum absolute atomic E-state index is 0.145. The zero-order valence-electron chi connectivity index (χ0n) is 18.6. The molecule has 4 rings (SSSR count). The van der Waals surface area contributed by atoms with E-state index in [2.05, 4.69) is 20.6 Å². The van der Waals surface area contributed by atoms with E-state index >= 15 is 0 Å². The zero-order valence-corrected chi connectivity index (χ0v) is 18.6. The van der Waals surface area contributed by atoms with E-state index in [4.69, 9.17) is 14.2 Å². The number of nitrogens with one attached hydrogen (secondary N) is 2. The Morgan fingerprint density at radius 3 is 2.33 bits per heavy atom. The molecule has 0 unspecified atom stereocenters.